The molecular weight excluding hydrogens is 334 g/mol. The van der Waals surface area contributed by atoms with Crippen LogP contribution in [0.1, 0.15) is 40.4 Å². The summed E-state index contributed by atoms with van der Waals surface area (Å²) < 4.78 is 3.51. The number of rotatable bonds is 3. The number of hydrogen-bond donors (Lipinski definition) is 1. The molecule has 0 aliphatic carbocycles. The molecule has 0 bridgehead atoms. The molecule has 4 heterocycles. The predicted octanol–water partition coefficient (Wildman–Crippen LogP) is 1.76. The molecule has 0 saturated carbocycles. The highest BCUT2D eigenvalue weighted by molar-refractivity contribution is 5.89. The van der Waals surface area contributed by atoms with Crippen LogP contribution in [-0.2, 0) is 6.54 Å². The molecule has 3 aromatic rings. The Hall–Kier alpha value is -3.23. The Morgan fingerprint density at radius 1 is 1.19 bits per heavy atom. The van der Waals surface area contributed by atoms with Crippen molar-refractivity contribution in [1.29, 1.82) is 0 Å². The van der Waals surface area contributed by atoms with Gasteiger partial charge in [0.05, 0.1) is 30.2 Å². The average molecular weight is 353 g/mol. The fourth-order valence-electron chi connectivity index (χ4n) is 3.48. The number of carboxylic acids is 1. The third-order valence-electron chi connectivity index (χ3n) is 4.68. The maximum atomic E-state index is 11.4. The van der Waals surface area contributed by atoms with E-state index < -0.39 is 5.97 Å². The van der Waals surface area contributed by atoms with Gasteiger partial charge in [-0.2, -0.15) is 10.2 Å². The van der Waals surface area contributed by atoms with Crippen molar-refractivity contribution in [3.8, 4) is 5.82 Å². The zero-order chi connectivity index (χ0) is 18.4. The first-order valence-corrected chi connectivity index (χ1v) is 8.38. The molecule has 1 N–H and O–H groups in total. The Labute approximate surface area is 149 Å². The summed E-state index contributed by atoms with van der Waals surface area (Å²) in [5.74, 6) is 0.387. The first kappa shape index (κ1) is 16.2. The van der Waals surface area contributed by atoms with Crippen molar-refractivity contribution < 1.29 is 9.90 Å². The number of nitrogens with zero attached hydrogens (tertiary/aromatic N) is 7. The number of carboxylic acid groups (broad SMARTS) is 1. The Bertz CT molecular complexity index is 974. The van der Waals surface area contributed by atoms with E-state index >= 15 is 0 Å². The summed E-state index contributed by atoms with van der Waals surface area (Å²) >= 11 is 0. The van der Waals surface area contributed by atoms with Gasteiger partial charge in [-0.3, -0.25) is 4.68 Å². The topological polar surface area (TPSA) is 102 Å². The van der Waals surface area contributed by atoms with Gasteiger partial charge in [0.1, 0.15) is 5.56 Å². The molecule has 1 aliphatic heterocycles. The van der Waals surface area contributed by atoms with Crippen molar-refractivity contribution in [3.63, 3.8) is 0 Å². The summed E-state index contributed by atoms with van der Waals surface area (Å²) in [5, 5.41) is 26.6. The third-order valence-corrected chi connectivity index (χ3v) is 4.68. The maximum absolute atomic E-state index is 11.4. The molecule has 0 radical (unpaired) electrons. The molecule has 0 fully saturated rings. The number of carbonyl (C=O) groups is 1. The molecule has 1 unspecified atom stereocenters. The Morgan fingerprint density at radius 3 is 2.54 bits per heavy atom. The van der Waals surface area contributed by atoms with E-state index in [4.69, 9.17) is 0 Å². The minimum atomic E-state index is -0.967. The van der Waals surface area contributed by atoms with Gasteiger partial charge in [0.25, 0.3) is 0 Å². The van der Waals surface area contributed by atoms with Crippen molar-refractivity contribution in [2.45, 2.75) is 33.4 Å². The van der Waals surface area contributed by atoms with E-state index in [9.17, 15) is 9.90 Å². The van der Waals surface area contributed by atoms with E-state index in [-0.39, 0.29) is 11.6 Å². The summed E-state index contributed by atoms with van der Waals surface area (Å²) in [4.78, 5) is 13.5. The van der Waals surface area contributed by atoms with Crippen LogP contribution in [0, 0.1) is 13.8 Å². The van der Waals surface area contributed by atoms with Gasteiger partial charge in [-0.15, -0.1) is 10.2 Å². The lowest BCUT2D eigenvalue weighted by Crippen LogP contribution is -2.38. The number of aryl methyl sites for hydroxylation is 2. The second-order valence-corrected chi connectivity index (χ2v) is 6.43. The minimum absolute atomic E-state index is 0.161. The van der Waals surface area contributed by atoms with Gasteiger partial charge in [-0.05, 0) is 39.0 Å². The summed E-state index contributed by atoms with van der Waals surface area (Å²) in [5.41, 5.74) is 2.83. The van der Waals surface area contributed by atoms with Crippen LogP contribution in [-0.4, -0.2) is 47.4 Å². The lowest BCUT2D eigenvalue weighted by molar-refractivity contribution is 0.0694. The number of aromatic nitrogens is 6. The monoisotopic (exact) mass is 353 g/mol. The van der Waals surface area contributed by atoms with Crippen LogP contribution in [0.5, 0.6) is 0 Å². The summed E-state index contributed by atoms with van der Waals surface area (Å²) in [6, 6.07) is 5.59. The average Bonchev–Trinajstić information content (AvgIpc) is 3.19. The van der Waals surface area contributed by atoms with Crippen LogP contribution in [0.25, 0.3) is 5.82 Å². The highest BCUT2D eigenvalue weighted by Gasteiger charge is 2.31. The Morgan fingerprint density at radius 2 is 1.92 bits per heavy atom. The molecule has 3 aromatic heterocycles. The largest absolute Gasteiger partial charge is 0.478 e. The van der Waals surface area contributed by atoms with Crippen molar-refractivity contribution in [3.05, 3.63) is 47.0 Å². The lowest BCUT2D eigenvalue weighted by atomic mass is 10.1. The van der Waals surface area contributed by atoms with Gasteiger partial charge < -0.3 is 10.0 Å². The van der Waals surface area contributed by atoms with Crippen molar-refractivity contribution >= 4 is 11.8 Å². The first-order chi connectivity index (χ1) is 12.5. The molecule has 0 amide bonds. The van der Waals surface area contributed by atoms with Crippen LogP contribution in [0.2, 0.25) is 0 Å². The second kappa shape index (κ2) is 5.94. The Kier molecular flexibility index (Phi) is 3.71. The fraction of sp³-hybridized carbons (Fsp3) is 0.353. The van der Waals surface area contributed by atoms with Crippen LogP contribution < -0.4 is 4.90 Å². The summed E-state index contributed by atoms with van der Waals surface area (Å²) in [6.07, 6.45) is 1.41. The molecule has 1 aliphatic rings. The quantitative estimate of drug-likeness (QED) is 0.765. The zero-order valence-corrected chi connectivity index (χ0v) is 14.8. The van der Waals surface area contributed by atoms with Crippen LogP contribution in [0.3, 0.4) is 0 Å². The molecule has 0 aromatic carbocycles. The molecule has 1 atom stereocenters. The standard InChI is InChI=1S/C17H19N7O2/c1-10-8-11(2)24(21-10)15-5-4-14(19-20-15)22-6-7-23-16(12(22)3)13(9-18-23)17(25)26/h4-5,8-9,12H,6-7H2,1-3H3,(H,25,26). The lowest BCUT2D eigenvalue weighted by Gasteiger charge is -2.35. The highest BCUT2D eigenvalue weighted by Crippen LogP contribution is 2.31. The van der Waals surface area contributed by atoms with Gasteiger partial charge in [0.15, 0.2) is 11.6 Å². The van der Waals surface area contributed by atoms with E-state index in [2.05, 4.69) is 20.4 Å². The second-order valence-electron chi connectivity index (χ2n) is 6.43. The molecular formula is C17H19N7O2. The van der Waals surface area contributed by atoms with E-state index in [1.54, 1.807) is 9.36 Å². The zero-order valence-electron chi connectivity index (χ0n) is 14.8. The van der Waals surface area contributed by atoms with Crippen LogP contribution in [0.15, 0.2) is 24.4 Å². The van der Waals surface area contributed by atoms with Crippen LogP contribution in [0.4, 0.5) is 5.82 Å². The van der Waals surface area contributed by atoms with Gasteiger partial charge in [-0.25, -0.2) is 9.48 Å². The van der Waals surface area contributed by atoms with Gasteiger partial charge in [0, 0.05) is 12.2 Å². The fourth-order valence-corrected chi connectivity index (χ4v) is 3.48. The summed E-state index contributed by atoms with van der Waals surface area (Å²) in [6.45, 7) is 7.15. The molecule has 26 heavy (non-hydrogen) atoms. The van der Waals surface area contributed by atoms with Gasteiger partial charge >= 0.3 is 5.97 Å². The molecule has 9 heteroatoms. The summed E-state index contributed by atoms with van der Waals surface area (Å²) in [7, 11) is 0. The third kappa shape index (κ3) is 2.52. The molecule has 0 spiro atoms. The number of aromatic carboxylic acids is 1. The predicted molar refractivity (Wildman–Crippen MR) is 93.6 cm³/mol. The Balaban J connectivity index is 1.65. The molecule has 9 nitrogen and oxygen atoms in total. The van der Waals surface area contributed by atoms with Crippen molar-refractivity contribution in [1.82, 2.24) is 29.8 Å². The van der Waals surface area contributed by atoms with E-state index in [0.717, 1.165) is 11.4 Å². The van der Waals surface area contributed by atoms with E-state index in [0.29, 0.717) is 30.4 Å². The van der Waals surface area contributed by atoms with E-state index in [1.165, 1.54) is 6.20 Å². The van der Waals surface area contributed by atoms with Crippen molar-refractivity contribution in [2.24, 2.45) is 0 Å². The van der Waals surface area contributed by atoms with Gasteiger partial charge in [0.2, 0.25) is 0 Å². The molecule has 4 rings (SSSR count). The minimum Gasteiger partial charge on any atom is -0.478 e. The van der Waals surface area contributed by atoms with Gasteiger partial charge in [-0.1, -0.05) is 0 Å². The molecule has 0 saturated heterocycles. The number of hydrogen-bond acceptors (Lipinski definition) is 6. The first-order valence-electron chi connectivity index (χ1n) is 8.38. The molecule has 134 valence electrons. The normalized spacial score (nSPS) is 16.6. The number of fused-ring (bicyclic) bond motifs is 1. The highest BCUT2D eigenvalue weighted by atomic mass is 16.4. The SMILES string of the molecule is Cc1cc(C)n(-c2ccc(N3CCn4ncc(C(=O)O)c4C3C)nn2)n1. The smallest absolute Gasteiger partial charge is 0.339 e. The number of anilines is 1. The van der Waals surface area contributed by atoms with Crippen LogP contribution >= 0.6 is 0 Å². The van der Waals surface area contributed by atoms with Crippen molar-refractivity contribution in [2.75, 3.05) is 11.4 Å². The maximum Gasteiger partial charge on any atom is 0.339 e. The van der Waals surface area contributed by atoms with E-state index in [1.807, 2.05) is 43.9 Å².